The van der Waals surface area contributed by atoms with Gasteiger partial charge in [-0.05, 0) is 90.7 Å². The average molecular weight is 409 g/mol. The summed E-state index contributed by atoms with van der Waals surface area (Å²) in [6, 6.07) is 1.78. The molecule has 0 amide bonds. The molecule has 1 heterocycles. The van der Waals surface area contributed by atoms with Crippen molar-refractivity contribution in [3.8, 4) is 0 Å². The Bertz CT molecular complexity index is 697. The molecule has 0 atom stereocenters. The van der Waals surface area contributed by atoms with E-state index < -0.39 is 11.7 Å². The molecule has 0 saturated carbocycles. The maximum absolute atomic E-state index is 13.2. The number of alkyl halides is 3. The van der Waals surface area contributed by atoms with Gasteiger partial charge in [0.25, 0.3) is 0 Å². The Morgan fingerprint density at radius 2 is 1.41 bits per heavy atom. The number of rotatable bonds is 12. The molecular weight excluding hydrogens is 373 g/mol. The Hall–Kier alpha value is -1.97. The van der Waals surface area contributed by atoms with Crippen molar-refractivity contribution in [3.63, 3.8) is 0 Å². The molecule has 4 heteroatoms. The molecule has 0 aliphatic carbocycles. The van der Waals surface area contributed by atoms with Crippen LogP contribution in [0.3, 0.4) is 0 Å². The number of hydrogen-bond acceptors (Lipinski definition) is 1. The van der Waals surface area contributed by atoms with Gasteiger partial charge < -0.3 is 4.42 Å². The maximum atomic E-state index is 13.2. The molecular formula is C25H35F3O. The van der Waals surface area contributed by atoms with Crippen LogP contribution in [0.1, 0.15) is 78.2 Å². The molecule has 0 unspecified atom stereocenters. The fourth-order valence-corrected chi connectivity index (χ4v) is 3.02. The predicted molar refractivity (Wildman–Crippen MR) is 116 cm³/mol. The highest BCUT2D eigenvalue weighted by atomic mass is 19.4. The molecule has 0 radical (unpaired) electrons. The highest BCUT2D eigenvalue weighted by Crippen LogP contribution is 2.30. The monoisotopic (exact) mass is 408 g/mol. The molecule has 1 nitrogen and oxygen atoms in total. The van der Waals surface area contributed by atoms with E-state index in [0.717, 1.165) is 36.8 Å². The first-order valence-corrected chi connectivity index (χ1v) is 10.4. The van der Waals surface area contributed by atoms with Crippen molar-refractivity contribution in [2.75, 3.05) is 0 Å². The molecule has 162 valence electrons. The largest absolute Gasteiger partial charge is 0.472 e. The normalized spacial score (nSPS) is 13.7. The van der Waals surface area contributed by atoms with E-state index >= 15 is 0 Å². The van der Waals surface area contributed by atoms with Gasteiger partial charge in [-0.3, -0.25) is 0 Å². The minimum atomic E-state index is -4.26. The second-order valence-electron chi connectivity index (χ2n) is 7.90. The van der Waals surface area contributed by atoms with Gasteiger partial charge >= 0.3 is 6.18 Å². The zero-order valence-corrected chi connectivity index (χ0v) is 18.2. The molecule has 29 heavy (non-hydrogen) atoms. The first kappa shape index (κ1) is 25.1. The summed E-state index contributed by atoms with van der Waals surface area (Å²) in [6.07, 6.45) is 12.0. The Morgan fingerprint density at radius 3 is 1.93 bits per heavy atom. The van der Waals surface area contributed by atoms with Gasteiger partial charge in [0, 0.05) is 5.57 Å². The van der Waals surface area contributed by atoms with Crippen LogP contribution >= 0.6 is 0 Å². The fraction of sp³-hybridized carbons (Fsp3) is 0.520. The number of halogens is 3. The SMILES string of the molecule is CC(C)=CCCC(C)=CCCC(C)=CCCC(=CCCc1ccoc1)C(F)(F)F. The summed E-state index contributed by atoms with van der Waals surface area (Å²) in [5.74, 6) is 0. The van der Waals surface area contributed by atoms with Gasteiger partial charge in [0.2, 0.25) is 0 Å². The molecule has 0 spiro atoms. The lowest BCUT2D eigenvalue weighted by molar-refractivity contribution is -0.0941. The molecule has 0 bridgehead atoms. The molecule has 0 saturated heterocycles. The summed E-state index contributed by atoms with van der Waals surface area (Å²) < 4.78 is 44.7. The Kier molecular flexibility index (Phi) is 11.5. The van der Waals surface area contributed by atoms with E-state index in [9.17, 15) is 13.2 Å². The molecule has 1 rings (SSSR count). The van der Waals surface area contributed by atoms with Gasteiger partial charge in [-0.25, -0.2) is 0 Å². The molecule has 0 aromatic carbocycles. The Morgan fingerprint density at radius 1 is 0.828 bits per heavy atom. The van der Waals surface area contributed by atoms with E-state index in [1.807, 2.05) is 13.0 Å². The highest BCUT2D eigenvalue weighted by Gasteiger charge is 2.32. The van der Waals surface area contributed by atoms with E-state index in [4.69, 9.17) is 4.42 Å². The summed E-state index contributed by atoms with van der Waals surface area (Å²) in [7, 11) is 0. The van der Waals surface area contributed by atoms with Crippen molar-refractivity contribution in [1.82, 2.24) is 0 Å². The standard InChI is InChI=1S/C25H35F3O/c1-20(2)9-5-10-21(3)11-6-12-22(4)13-7-15-24(25(26,27)28)16-8-14-23-17-18-29-19-23/h9,11,13,16-19H,5-8,10,12,14-15H2,1-4H3. The Labute approximate surface area is 174 Å². The molecule has 1 aromatic rings. The van der Waals surface area contributed by atoms with Crippen molar-refractivity contribution in [3.05, 3.63) is 70.8 Å². The van der Waals surface area contributed by atoms with Crippen LogP contribution in [0.25, 0.3) is 0 Å². The van der Waals surface area contributed by atoms with Gasteiger partial charge in [-0.15, -0.1) is 0 Å². The van der Waals surface area contributed by atoms with Crippen LogP contribution in [-0.4, -0.2) is 6.18 Å². The third-order valence-electron chi connectivity index (χ3n) is 4.80. The Balaban J connectivity index is 2.42. The van der Waals surface area contributed by atoms with E-state index in [1.54, 1.807) is 12.3 Å². The van der Waals surface area contributed by atoms with E-state index in [0.29, 0.717) is 19.3 Å². The van der Waals surface area contributed by atoms with Gasteiger partial charge in [-0.2, -0.15) is 13.2 Å². The fourth-order valence-electron chi connectivity index (χ4n) is 3.02. The lowest BCUT2D eigenvalue weighted by Gasteiger charge is -2.11. The quantitative estimate of drug-likeness (QED) is 0.315. The summed E-state index contributed by atoms with van der Waals surface area (Å²) in [5.41, 5.74) is 4.35. The van der Waals surface area contributed by atoms with Crippen molar-refractivity contribution < 1.29 is 17.6 Å². The van der Waals surface area contributed by atoms with Crippen LogP contribution in [-0.2, 0) is 6.42 Å². The first-order chi connectivity index (χ1) is 13.7. The molecule has 0 aliphatic heterocycles. The minimum Gasteiger partial charge on any atom is -0.472 e. The number of aryl methyl sites for hydroxylation is 1. The summed E-state index contributed by atoms with van der Waals surface area (Å²) >= 11 is 0. The zero-order valence-electron chi connectivity index (χ0n) is 18.2. The minimum absolute atomic E-state index is 0.0315. The molecule has 0 fully saturated rings. The number of allylic oxidation sites excluding steroid dienone is 8. The van der Waals surface area contributed by atoms with Gasteiger partial charge in [0.05, 0.1) is 12.5 Å². The molecule has 0 N–H and O–H groups in total. The van der Waals surface area contributed by atoms with Crippen LogP contribution in [0.5, 0.6) is 0 Å². The third kappa shape index (κ3) is 12.2. The van der Waals surface area contributed by atoms with Gasteiger partial charge in [-0.1, -0.05) is 41.0 Å². The predicted octanol–water partition coefficient (Wildman–Crippen LogP) is 8.90. The van der Waals surface area contributed by atoms with E-state index in [1.165, 1.54) is 23.5 Å². The average Bonchev–Trinajstić information content (AvgIpc) is 3.12. The molecule has 1 aromatic heterocycles. The zero-order chi connectivity index (χ0) is 21.7. The van der Waals surface area contributed by atoms with Crippen LogP contribution in [0.4, 0.5) is 13.2 Å². The smallest absolute Gasteiger partial charge is 0.412 e. The van der Waals surface area contributed by atoms with Gasteiger partial charge in [0.15, 0.2) is 0 Å². The summed E-state index contributed by atoms with van der Waals surface area (Å²) in [4.78, 5) is 0. The van der Waals surface area contributed by atoms with Crippen molar-refractivity contribution in [2.45, 2.75) is 85.2 Å². The van der Waals surface area contributed by atoms with Crippen LogP contribution < -0.4 is 0 Å². The third-order valence-corrected chi connectivity index (χ3v) is 4.80. The highest BCUT2D eigenvalue weighted by molar-refractivity contribution is 5.14. The van der Waals surface area contributed by atoms with Crippen LogP contribution in [0, 0.1) is 0 Å². The second-order valence-corrected chi connectivity index (χ2v) is 7.90. The van der Waals surface area contributed by atoms with Crippen molar-refractivity contribution in [2.24, 2.45) is 0 Å². The van der Waals surface area contributed by atoms with Gasteiger partial charge in [0.1, 0.15) is 0 Å². The molecule has 0 aliphatic rings. The van der Waals surface area contributed by atoms with E-state index in [2.05, 4.69) is 32.9 Å². The maximum Gasteiger partial charge on any atom is 0.412 e. The van der Waals surface area contributed by atoms with Crippen molar-refractivity contribution >= 4 is 0 Å². The second kappa shape index (κ2) is 13.3. The lowest BCUT2D eigenvalue weighted by Crippen LogP contribution is -2.12. The van der Waals surface area contributed by atoms with Crippen LogP contribution in [0.15, 0.2) is 69.6 Å². The first-order valence-electron chi connectivity index (χ1n) is 10.4. The topological polar surface area (TPSA) is 13.1 Å². The number of hydrogen-bond donors (Lipinski definition) is 0. The summed E-state index contributed by atoms with van der Waals surface area (Å²) in [5, 5.41) is 0. The summed E-state index contributed by atoms with van der Waals surface area (Å²) in [6.45, 7) is 8.35. The van der Waals surface area contributed by atoms with Crippen molar-refractivity contribution in [1.29, 1.82) is 0 Å². The lowest BCUT2D eigenvalue weighted by atomic mass is 10.0. The van der Waals surface area contributed by atoms with E-state index in [-0.39, 0.29) is 6.42 Å². The number of furan rings is 1. The van der Waals surface area contributed by atoms with Crippen LogP contribution in [0.2, 0.25) is 0 Å².